The van der Waals surface area contributed by atoms with Crippen molar-refractivity contribution in [1.29, 1.82) is 0 Å². The lowest BCUT2D eigenvalue weighted by Crippen LogP contribution is -2.68. The minimum Gasteiger partial charge on any atom is -0.394 e. The van der Waals surface area contributed by atoms with Crippen molar-refractivity contribution in [3.8, 4) is 0 Å². The number of rotatable bonds is 10. The fraction of sp³-hybridized carbons (Fsp3) is 1.00. The van der Waals surface area contributed by atoms with E-state index in [-0.39, 0.29) is 52.8 Å². The van der Waals surface area contributed by atoms with E-state index in [1.807, 2.05) is 13.8 Å². The minimum atomic E-state index is -4.90. The molecule has 4 saturated carbocycles. The van der Waals surface area contributed by atoms with Crippen molar-refractivity contribution < 1.29 is 57.3 Å². The van der Waals surface area contributed by atoms with E-state index in [1.54, 1.807) is 0 Å². The average molecular weight is 665 g/mol. The first-order valence-electron chi connectivity index (χ1n) is 16.9. The van der Waals surface area contributed by atoms with Gasteiger partial charge in [-0.25, -0.2) is 4.18 Å². The van der Waals surface area contributed by atoms with Gasteiger partial charge in [-0.1, -0.05) is 34.6 Å². The molecule has 7 N–H and O–H groups in total. The lowest BCUT2D eigenvalue weighted by atomic mass is 9.42. The van der Waals surface area contributed by atoms with Gasteiger partial charge in [0.15, 0.2) is 6.29 Å². The standard InChI is InChI=1S/C32H56O12S/c1-16(2)23(42-29-26(37)27(24(15-33)43-29)44-45(39,40)41)7-6-17(3)19-13-21(35)28-31(19,5)11-9-25-30(4)10-8-18(34)12-20(30)22(36)14-32(25,28)38/h16-29,33-38H,6-15H2,1-5H3,(H,39,40,41)/t17-,18+,19-,20?,21?,22+,23+,24?,25?,26?,27?,28?,29?,30+,31-,32+/m1/s1. The smallest absolute Gasteiger partial charge is 0.394 e. The molecule has 0 aromatic rings. The maximum Gasteiger partial charge on any atom is 0.397 e. The third kappa shape index (κ3) is 6.38. The fourth-order valence-corrected chi connectivity index (χ4v) is 11.5. The molecule has 5 aliphatic rings. The third-order valence-electron chi connectivity index (χ3n) is 13.1. The van der Waals surface area contributed by atoms with Crippen LogP contribution in [0.5, 0.6) is 0 Å². The van der Waals surface area contributed by atoms with Gasteiger partial charge in [-0.2, -0.15) is 8.42 Å². The summed E-state index contributed by atoms with van der Waals surface area (Å²) < 4.78 is 47.9. The SMILES string of the molecule is CC(C)[C@H](CC[C@@H](C)[C@H]1CC(O)C2[C@]3(O)C[C@H](O)C4C[C@@H](O)CC[C@]4(C)C3CC[C@@]21C)OC1OC(CO)C(OS(=O)(=O)O)C1O. The summed E-state index contributed by atoms with van der Waals surface area (Å²) >= 11 is 0. The lowest BCUT2D eigenvalue weighted by molar-refractivity contribution is -0.263. The number of aliphatic hydroxyl groups is 6. The van der Waals surface area contributed by atoms with Gasteiger partial charge in [0.25, 0.3) is 0 Å². The van der Waals surface area contributed by atoms with Crippen LogP contribution in [0.4, 0.5) is 0 Å². The summed E-state index contributed by atoms with van der Waals surface area (Å²) in [6.07, 6.45) is -2.09. The van der Waals surface area contributed by atoms with E-state index in [0.717, 1.165) is 25.7 Å². The Morgan fingerprint density at radius 2 is 1.62 bits per heavy atom. The Morgan fingerprint density at radius 1 is 0.956 bits per heavy atom. The van der Waals surface area contributed by atoms with Crippen molar-refractivity contribution in [2.24, 2.45) is 46.3 Å². The first-order chi connectivity index (χ1) is 20.9. The summed E-state index contributed by atoms with van der Waals surface area (Å²) in [6, 6.07) is 0. The molecule has 45 heavy (non-hydrogen) atoms. The van der Waals surface area contributed by atoms with Crippen LogP contribution in [0.25, 0.3) is 0 Å². The zero-order valence-electron chi connectivity index (χ0n) is 27.2. The monoisotopic (exact) mass is 664 g/mol. The molecule has 1 saturated heterocycles. The maximum absolute atomic E-state index is 12.5. The molecule has 12 nitrogen and oxygen atoms in total. The molecule has 16 atom stereocenters. The molecule has 0 aromatic heterocycles. The Balaban J connectivity index is 1.27. The maximum atomic E-state index is 12.5. The molecule has 5 fully saturated rings. The van der Waals surface area contributed by atoms with Crippen LogP contribution in [0.15, 0.2) is 0 Å². The second-order valence-electron chi connectivity index (χ2n) is 16.0. The van der Waals surface area contributed by atoms with Gasteiger partial charge in [0.05, 0.1) is 36.6 Å². The molecule has 0 aromatic carbocycles. The molecule has 1 aliphatic heterocycles. The van der Waals surface area contributed by atoms with Crippen LogP contribution in [0.3, 0.4) is 0 Å². The van der Waals surface area contributed by atoms with Crippen molar-refractivity contribution in [3.63, 3.8) is 0 Å². The Kier molecular flexibility index (Phi) is 10.2. The van der Waals surface area contributed by atoms with Crippen LogP contribution in [-0.4, -0.2) is 105 Å². The number of hydrogen-bond acceptors (Lipinski definition) is 11. The van der Waals surface area contributed by atoms with Gasteiger partial charge < -0.3 is 40.1 Å². The van der Waals surface area contributed by atoms with E-state index in [2.05, 4.69) is 25.0 Å². The van der Waals surface area contributed by atoms with Crippen LogP contribution in [0.2, 0.25) is 0 Å². The lowest BCUT2D eigenvalue weighted by Gasteiger charge is -2.66. The Morgan fingerprint density at radius 3 is 2.24 bits per heavy atom. The van der Waals surface area contributed by atoms with Gasteiger partial charge in [0, 0.05) is 12.3 Å². The summed E-state index contributed by atoms with van der Waals surface area (Å²) in [4.78, 5) is 0. The third-order valence-corrected chi connectivity index (χ3v) is 13.6. The van der Waals surface area contributed by atoms with Crippen LogP contribution in [0, 0.1) is 46.3 Å². The summed E-state index contributed by atoms with van der Waals surface area (Å²) in [7, 11) is -4.90. The molecule has 1 heterocycles. The van der Waals surface area contributed by atoms with E-state index in [4.69, 9.17) is 14.0 Å². The zero-order valence-corrected chi connectivity index (χ0v) is 28.1. The van der Waals surface area contributed by atoms with E-state index in [1.165, 1.54) is 0 Å². The molecule has 13 heteroatoms. The minimum absolute atomic E-state index is 0.00204. The second-order valence-corrected chi connectivity index (χ2v) is 17.0. The molecule has 5 rings (SSSR count). The number of hydrogen-bond donors (Lipinski definition) is 7. The summed E-state index contributed by atoms with van der Waals surface area (Å²) in [6.45, 7) is 9.81. The van der Waals surface area contributed by atoms with Gasteiger partial charge in [-0.15, -0.1) is 0 Å². The molecule has 0 amide bonds. The molecule has 0 radical (unpaired) electrons. The highest BCUT2D eigenvalue weighted by Gasteiger charge is 2.70. The first kappa shape index (κ1) is 35.8. The van der Waals surface area contributed by atoms with Gasteiger partial charge >= 0.3 is 10.4 Å². The summed E-state index contributed by atoms with van der Waals surface area (Å²) in [5, 5.41) is 66.2. The molecule has 262 valence electrons. The topological polar surface area (TPSA) is 203 Å². The van der Waals surface area contributed by atoms with Gasteiger partial charge in [-0.3, -0.25) is 4.55 Å². The van der Waals surface area contributed by atoms with Gasteiger partial charge in [0.1, 0.15) is 18.3 Å². The van der Waals surface area contributed by atoms with Crippen molar-refractivity contribution in [1.82, 2.24) is 0 Å². The van der Waals surface area contributed by atoms with Crippen molar-refractivity contribution in [3.05, 3.63) is 0 Å². The van der Waals surface area contributed by atoms with Crippen molar-refractivity contribution in [2.75, 3.05) is 6.61 Å². The van der Waals surface area contributed by atoms with E-state index >= 15 is 0 Å². The van der Waals surface area contributed by atoms with Crippen LogP contribution in [0.1, 0.15) is 92.4 Å². The molecule has 0 spiro atoms. The summed E-state index contributed by atoms with van der Waals surface area (Å²) in [5.41, 5.74) is -1.84. The highest BCUT2D eigenvalue weighted by atomic mass is 32.3. The van der Waals surface area contributed by atoms with Gasteiger partial charge in [0.2, 0.25) is 0 Å². The highest BCUT2D eigenvalue weighted by molar-refractivity contribution is 7.80. The molecule has 8 unspecified atom stereocenters. The largest absolute Gasteiger partial charge is 0.397 e. The second kappa shape index (κ2) is 12.8. The number of aliphatic hydroxyl groups excluding tert-OH is 5. The molecule has 0 bridgehead atoms. The average Bonchev–Trinajstić information content (AvgIpc) is 3.38. The zero-order chi connectivity index (χ0) is 33.3. The van der Waals surface area contributed by atoms with Crippen LogP contribution >= 0.6 is 0 Å². The van der Waals surface area contributed by atoms with E-state index in [9.17, 15) is 39.1 Å². The highest BCUT2D eigenvalue weighted by Crippen LogP contribution is 2.69. The molecular formula is C32H56O12S. The Bertz CT molecular complexity index is 1150. The quantitative estimate of drug-likeness (QED) is 0.167. The van der Waals surface area contributed by atoms with Gasteiger partial charge in [-0.05, 0) is 91.8 Å². The normalized spacial score (nSPS) is 49.8. The van der Waals surface area contributed by atoms with Crippen LogP contribution < -0.4 is 0 Å². The predicted octanol–water partition coefficient (Wildman–Crippen LogP) is 1.79. The fourth-order valence-electron chi connectivity index (χ4n) is 11.0. The summed E-state index contributed by atoms with van der Waals surface area (Å²) in [5.74, 6) is -0.225. The van der Waals surface area contributed by atoms with E-state index in [0.29, 0.717) is 25.7 Å². The van der Waals surface area contributed by atoms with Crippen molar-refractivity contribution in [2.45, 2.75) is 147 Å². The van der Waals surface area contributed by atoms with Crippen LogP contribution in [-0.2, 0) is 24.1 Å². The predicted molar refractivity (Wildman–Crippen MR) is 162 cm³/mol. The Labute approximate surface area is 267 Å². The van der Waals surface area contributed by atoms with E-state index < -0.39 is 71.6 Å². The number of ether oxygens (including phenoxy) is 2. The number of fused-ring (bicyclic) bond motifs is 5. The Hall–Kier alpha value is -0.450. The van der Waals surface area contributed by atoms with Crippen molar-refractivity contribution >= 4 is 10.4 Å². The first-order valence-corrected chi connectivity index (χ1v) is 18.2. The molecule has 4 aliphatic carbocycles. The molecular weight excluding hydrogens is 608 g/mol.